The first-order valence-electron chi connectivity index (χ1n) is 5.35. The van der Waals surface area contributed by atoms with Crippen molar-refractivity contribution >= 4 is 23.4 Å². The molecule has 4 N–H and O–H groups in total. The lowest BCUT2D eigenvalue weighted by atomic mass is 10.2. The van der Waals surface area contributed by atoms with Crippen molar-refractivity contribution in [2.75, 3.05) is 24.3 Å². The Morgan fingerprint density at radius 2 is 2.44 bits per heavy atom. The van der Waals surface area contributed by atoms with E-state index in [9.17, 15) is 4.79 Å². The van der Waals surface area contributed by atoms with Crippen LogP contribution in [-0.2, 0) is 0 Å². The minimum atomic E-state index is -0.185. The maximum Gasteiger partial charge on any atom is 0.273 e. The monoisotopic (exact) mass is 240 g/mol. The molecule has 0 atom stereocenters. The number of nitrogens with one attached hydrogen (secondary N) is 2. The van der Waals surface area contributed by atoms with Gasteiger partial charge in [-0.1, -0.05) is 0 Å². The van der Waals surface area contributed by atoms with Gasteiger partial charge in [-0.15, -0.1) is 0 Å². The molecule has 0 unspecified atom stereocenters. The average molecular weight is 240 g/mol. The third kappa shape index (κ3) is 2.32. The average Bonchev–Trinajstić information content (AvgIpc) is 3.03. The van der Waals surface area contributed by atoms with Gasteiger partial charge in [0.05, 0.1) is 11.4 Å². The number of rotatable bonds is 5. The molecular weight excluding hydrogens is 224 g/mol. The highest BCUT2D eigenvalue weighted by atomic mass is 32.2. The lowest BCUT2D eigenvalue weighted by Crippen LogP contribution is -2.26. The second-order valence-electron chi connectivity index (χ2n) is 3.92. The molecule has 0 bridgehead atoms. The Kier molecular flexibility index (Phi) is 3.38. The Morgan fingerprint density at radius 1 is 1.69 bits per heavy atom. The summed E-state index contributed by atoms with van der Waals surface area (Å²) in [4.78, 5) is 11.7. The van der Waals surface area contributed by atoms with Crippen LogP contribution < -0.4 is 11.1 Å². The van der Waals surface area contributed by atoms with Crippen LogP contribution >= 0.6 is 11.8 Å². The molecule has 88 valence electrons. The second-order valence-corrected chi connectivity index (χ2v) is 4.91. The van der Waals surface area contributed by atoms with Gasteiger partial charge in [-0.3, -0.25) is 9.89 Å². The molecule has 5 nitrogen and oxygen atoms in total. The fraction of sp³-hybridized carbons (Fsp3) is 0.600. The van der Waals surface area contributed by atoms with Crippen molar-refractivity contribution in [2.24, 2.45) is 0 Å². The van der Waals surface area contributed by atoms with Crippen molar-refractivity contribution < 1.29 is 4.79 Å². The number of H-pyrrole nitrogens is 1. The van der Waals surface area contributed by atoms with Crippen LogP contribution in [0.3, 0.4) is 0 Å². The maximum atomic E-state index is 11.7. The van der Waals surface area contributed by atoms with Crippen LogP contribution in [0, 0.1) is 0 Å². The first kappa shape index (κ1) is 11.3. The zero-order valence-corrected chi connectivity index (χ0v) is 10.1. The number of thioether (sulfide) groups is 1. The van der Waals surface area contributed by atoms with E-state index in [1.54, 1.807) is 11.8 Å². The number of amides is 1. The summed E-state index contributed by atoms with van der Waals surface area (Å²) in [6, 6.07) is 0. The third-order valence-corrected chi connectivity index (χ3v) is 3.24. The van der Waals surface area contributed by atoms with Gasteiger partial charge in [-0.05, 0) is 19.1 Å². The van der Waals surface area contributed by atoms with Crippen LogP contribution in [0.1, 0.15) is 34.9 Å². The summed E-state index contributed by atoms with van der Waals surface area (Å²) in [5.74, 6) is 1.20. The number of hydrogen-bond donors (Lipinski definition) is 3. The lowest BCUT2D eigenvalue weighted by Gasteiger charge is -2.02. The van der Waals surface area contributed by atoms with Crippen LogP contribution in [0.5, 0.6) is 0 Å². The molecule has 0 aromatic carbocycles. The molecule has 1 fully saturated rings. The molecule has 0 radical (unpaired) electrons. The zero-order chi connectivity index (χ0) is 11.5. The number of nitrogen functional groups attached to an aromatic ring is 1. The SMILES string of the molecule is CSCCNC(=O)c1n[nH]c(C2CC2)c1N. The Labute approximate surface area is 98.6 Å². The largest absolute Gasteiger partial charge is 0.395 e. The predicted octanol–water partition coefficient (Wildman–Crippen LogP) is 0.962. The highest BCUT2D eigenvalue weighted by Crippen LogP contribution is 2.42. The van der Waals surface area contributed by atoms with Gasteiger partial charge in [-0.2, -0.15) is 16.9 Å². The number of aromatic nitrogens is 2. The summed E-state index contributed by atoms with van der Waals surface area (Å²) >= 11 is 1.69. The minimum Gasteiger partial charge on any atom is -0.395 e. The van der Waals surface area contributed by atoms with E-state index in [2.05, 4.69) is 15.5 Å². The quantitative estimate of drug-likeness (QED) is 0.669. The number of aromatic amines is 1. The number of carbonyl (C=O) groups is 1. The standard InChI is InChI=1S/C10H16N4OS/c1-16-5-4-12-10(15)9-7(11)8(13-14-9)6-2-3-6/h6H,2-5,11H2,1H3,(H,12,15)(H,13,14). The summed E-state index contributed by atoms with van der Waals surface area (Å²) in [6.45, 7) is 0.644. The van der Waals surface area contributed by atoms with Crippen molar-refractivity contribution in [3.05, 3.63) is 11.4 Å². The highest BCUT2D eigenvalue weighted by Gasteiger charge is 2.30. The second kappa shape index (κ2) is 4.78. The van der Waals surface area contributed by atoms with Gasteiger partial charge in [0.2, 0.25) is 0 Å². The van der Waals surface area contributed by atoms with Crippen LogP contribution in [0.4, 0.5) is 5.69 Å². The van der Waals surface area contributed by atoms with E-state index >= 15 is 0 Å². The van der Waals surface area contributed by atoms with Gasteiger partial charge in [0.1, 0.15) is 0 Å². The number of nitrogens with zero attached hydrogens (tertiary/aromatic N) is 1. The summed E-state index contributed by atoms with van der Waals surface area (Å²) in [5, 5.41) is 9.64. The smallest absolute Gasteiger partial charge is 0.273 e. The summed E-state index contributed by atoms with van der Waals surface area (Å²) < 4.78 is 0. The summed E-state index contributed by atoms with van der Waals surface area (Å²) in [7, 11) is 0. The van der Waals surface area contributed by atoms with Crippen LogP contribution in [0.15, 0.2) is 0 Å². The molecule has 1 heterocycles. The zero-order valence-electron chi connectivity index (χ0n) is 9.25. The van der Waals surface area contributed by atoms with E-state index in [0.717, 1.165) is 24.3 Å². The van der Waals surface area contributed by atoms with Crippen molar-refractivity contribution in [1.82, 2.24) is 15.5 Å². The Morgan fingerprint density at radius 3 is 3.06 bits per heavy atom. The van der Waals surface area contributed by atoms with E-state index < -0.39 is 0 Å². The van der Waals surface area contributed by atoms with E-state index in [1.165, 1.54) is 0 Å². The molecule has 1 aromatic heterocycles. The Balaban J connectivity index is 1.99. The summed E-state index contributed by atoms with van der Waals surface area (Å²) in [6.07, 6.45) is 4.28. The molecule has 0 aliphatic heterocycles. The van der Waals surface area contributed by atoms with E-state index in [-0.39, 0.29) is 5.91 Å². The molecule has 1 saturated carbocycles. The minimum absolute atomic E-state index is 0.185. The number of hydrogen-bond acceptors (Lipinski definition) is 4. The van der Waals surface area contributed by atoms with Crippen molar-refractivity contribution in [3.63, 3.8) is 0 Å². The number of carbonyl (C=O) groups excluding carboxylic acids is 1. The molecule has 1 aliphatic carbocycles. The number of anilines is 1. The van der Waals surface area contributed by atoms with Crippen molar-refractivity contribution in [3.8, 4) is 0 Å². The topological polar surface area (TPSA) is 83.8 Å². The van der Waals surface area contributed by atoms with Crippen LogP contribution in [0.2, 0.25) is 0 Å². The van der Waals surface area contributed by atoms with Gasteiger partial charge >= 0.3 is 0 Å². The van der Waals surface area contributed by atoms with Gasteiger partial charge in [0.15, 0.2) is 5.69 Å². The number of nitrogens with two attached hydrogens (primary N) is 1. The molecule has 1 amide bonds. The van der Waals surface area contributed by atoms with Crippen LogP contribution in [-0.4, -0.2) is 34.7 Å². The molecule has 0 spiro atoms. The molecule has 6 heteroatoms. The molecule has 2 rings (SSSR count). The molecule has 16 heavy (non-hydrogen) atoms. The third-order valence-electron chi connectivity index (χ3n) is 2.63. The van der Waals surface area contributed by atoms with Gasteiger partial charge < -0.3 is 11.1 Å². The highest BCUT2D eigenvalue weighted by molar-refractivity contribution is 7.98. The molecule has 0 saturated heterocycles. The Bertz CT molecular complexity index is 386. The van der Waals surface area contributed by atoms with Gasteiger partial charge in [0, 0.05) is 18.2 Å². The van der Waals surface area contributed by atoms with E-state index in [0.29, 0.717) is 23.8 Å². The van der Waals surface area contributed by atoms with Crippen molar-refractivity contribution in [2.45, 2.75) is 18.8 Å². The first-order chi connectivity index (χ1) is 7.74. The van der Waals surface area contributed by atoms with Gasteiger partial charge in [-0.25, -0.2) is 0 Å². The lowest BCUT2D eigenvalue weighted by molar-refractivity contribution is 0.0952. The predicted molar refractivity (Wildman–Crippen MR) is 65.7 cm³/mol. The fourth-order valence-electron chi connectivity index (χ4n) is 1.57. The molecular formula is C10H16N4OS. The Hall–Kier alpha value is -1.17. The molecule has 1 aromatic rings. The molecule has 1 aliphatic rings. The normalized spacial score (nSPS) is 15.1. The van der Waals surface area contributed by atoms with E-state index in [1.807, 2.05) is 6.26 Å². The van der Waals surface area contributed by atoms with Crippen LogP contribution in [0.25, 0.3) is 0 Å². The fourth-order valence-corrected chi connectivity index (χ4v) is 1.88. The first-order valence-corrected chi connectivity index (χ1v) is 6.74. The maximum absolute atomic E-state index is 11.7. The van der Waals surface area contributed by atoms with Crippen molar-refractivity contribution in [1.29, 1.82) is 0 Å². The summed E-state index contributed by atoms with van der Waals surface area (Å²) in [5.41, 5.74) is 7.67. The van der Waals surface area contributed by atoms with E-state index in [4.69, 9.17) is 5.73 Å². The van der Waals surface area contributed by atoms with Gasteiger partial charge in [0.25, 0.3) is 5.91 Å².